The van der Waals surface area contributed by atoms with Gasteiger partial charge in [-0.3, -0.25) is 4.79 Å². The second kappa shape index (κ2) is 8.80. The number of Topliss-reactive ketones (excluding diaryl/α,β-unsaturated/α-hetero) is 1. The van der Waals surface area contributed by atoms with Crippen LogP contribution in [0.15, 0.2) is 0 Å². The lowest BCUT2D eigenvalue weighted by Crippen LogP contribution is -2.53. The summed E-state index contributed by atoms with van der Waals surface area (Å²) in [7, 11) is 0. The third kappa shape index (κ3) is 5.29. The first-order valence-corrected chi connectivity index (χ1v) is 10.3. The van der Waals surface area contributed by atoms with Crippen molar-refractivity contribution < 1.29 is 4.79 Å². The molecule has 1 unspecified atom stereocenters. The fourth-order valence-electron chi connectivity index (χ4n) is 4.54. The first-order chi connectivity index (χ1) is 11.3. The molecule has 0 spiro atoms. The molecule has 2 aliphatic rings. The van der Waals surface area contributed by atoms with E-state index in [1.54, 1.807) is 0 Å². The molecule has 2 saturated heterocycles. The van der Waals surface area contributed by atoms with Gasteiger partial charge in [0.1, 0.15) is 5.78 Å². The van der Waals surface area contributed by atoms with Crippen LogP contribution in [0.1, 0.15) is 73.1 Å². The Morgan fingerprint density at radius 1 is 1.12 bits per heavy atom. The summed E-state index contributed by atoms with van der Waals surface area (Å²) in [5.41, 5.74) is -0.0721. The van der Waals surface area contributed by atoms with E-state index in [0.29, 0.717) is 17.7 Å². The van der Waals surface area contributed by atoms with Crippen molar-refractivity contribution in [3.05, 3.63) is 0 Å². The maximum absolute atomic E-state index is 13.2. The summed E-state index contributed by atoms with van der Waals surface area (Å²) in [5, 5.41) is 0. The fourth-order valence-corrected chi connectivity index (χ4v) is 4.54. The van der Waals surface area contributed by atoms with Crippen molar-refractivity contribution in [1.29, 1.82) is 0 Å². The van der Waals surface area contributed by atoms with Crippen molar-refractivity contribution in [3.8, 4) is 0 Å². The van der Waals surface area contributed by atoms with Crippen molar-refractivity contribution in [2.24, 2.45) is 17.3 Å². The molecule has 2 aliphatic heterocycles. The van der Waals surface area contributed by atoms with Gasteiger partial charge in [0.25, 0.3) is 0 Å². The number of piperidine rings is 2. The molecular weight excluding hydrogens is 296 g/mol. The third-order valence-electron chi connectivity index (χ3n) is 6.29. The largest absolute Gasteiger partial charge is 0.302 e. The van der Waals surface area contributed by atoms with Crippen molar-refractivity contribution >= 4 is 5.78 Å². The van der Waals surface area contributed by atoms with Gasteiger partial charge in [-0.25, -0.2) is 0 Å². The summed E-state index contributed by atoms with van der Waals surface area (Å²) >= 11 is 0. The molecule has 1 atom stereocenters. The zero-order valence-corrected chi connectivity index (χ0v) is 16.8. The minimum atomic E-state index is -0.0721. The molecule has 0 aromatic heterocycles. The molecule has 0 aliphatic carbocycles. The van der Waals surface area contributed by atoms with Crippen LogP contribution in [-0.4, -0.2) is 54.3 Å². The molecule has 0 aromatic carbocycles. The van der Waals surface area contributed by atoms with Gasteiger partial charge in [0.2, 0.25) is 0 Å². The second-order valence-electron chi connectivity index (χ2n) is 9.25. The van der Waals surface area contributed by atoms with Crippen LogP contribution in [-0.2, 0) is 4.79 Å². The topological polar surface area (TPSA) is 23.6 Å². The molecule has 140 valence electrons. The zero-order chi connectivity index (χ0) is 17.7. The number of carbonyl (C=O) groups excluding carboxylic acids is 1. The monoisotopic (exact) mass is 336 g/mol. The highest BCUT2D eigenvalue weighted by molar-refractivity contribution is 5.85. The van der Waals surface area contributed by atoms with E-state index >= 15 is 0 Å². The van der Waals surface area contributed by atoms with Crippen LogP contribution in [0.3, 0.4) is 0 Å². The number of carbonyl (C=O) groups is 1. The van der Waals surface area contributed by atoms with Gasteiger partial charge in [0, 0.05) is 31.0 Å². The van der Waals surface area contributed by atoms with Crippen LogP contribution in [0.2, 0.25) is 0 Å². The van der Waals surface area contributed by atoms with Crippen LogP contribution in [0.4, 0.5) is 0 Å². The average molecular weight is 337 g/mol. The quantitative estimate of drug-likeness (QED) is 0.695. The Morgan fingerprint density at radius 3 is 2.33 bits per heavy atom. The molecule has 24 heavy (non-hydrogen) atoms. The number of rotatable bonds is 7. The van der Waals surface area contributed by atoms with Gasteiger partial charge in [-0.15, -0.1) is 0 Å². The minimum Gasteiger partial charge on any atom is -0.302 e. The summed E-state index contributed by atoms with van der Waals surface area (Å²) in [4.78, 5) is 18.4. The standard InChI is InChI=1S/C21H40N2O/c1-17(2)8-9-20(24)21(10-13-23(14-11-21)18(3)4)16-22-12-6-7-19(5)15-22/h17-19H,6-16H2,1-5H3. The van der Waals surface area contributed by atoms with E-state index in [1.165, 1.54) is 25.9 Å². The van der Waals surface area contributed by atoms with E-state index in [2.05, 4.69) is 44.4 Å². The van der Waals surface area contributed by atoms with Crippen molar-refractivity contribution in [2.45, 2.75) is 79.2 Å². The highest BCUT2D eigenvalue weighted by Gasteiger charge is 2.42. The summed E-state index contributed by atoms with van der Waals surface area (Å²) < 4.78 is 0. The Kier molecular flexibility index (Phi) is 7.30. The molecule has 2 heterocycles. The predicted molar refractivity (Wildman–Crippen MR) is 102 cm³/mol. The Morgan fingerprint density at radius 2 is 1.79 bits per heavy atom. The molecule has 3 nitrogen and oxygen atoms in total. The third-order valence-corrected chi connectivity index (χ3v) is 6.29. The number of hydrogen-bond acceptors (Lipinski definition) is 3. The fraction of sp³-hybridized carbons (Fsp3) is 0.952. The van der Waals surface area contributed by atoms with Crippen molar-refractivity contribution in [2.75, 3.05) is 32.7 Å². The van der Waals surface area contributed by atoms with Gasteiger partial charge in [-0.2, -0.15) is 0 Å². The lowest BCUT2D eigenvalue weighted by Gasteiger charge is -2.46. The first kappa shape index (κ1) is 19.9. The normalized spacial score (nSPS) is 26.2. The van der Waals surface area contributed by atoms with E-state index in [-0.39, 0.29) is 5.41 Å². The SMILES string of the molecule is CC(C)CCC(=O)C1(CN2CCCC(C)C2)CCN(C(C)C)CC1. The highest BCUT2D eigenvalue weighted by atomic mass is 16.1. The maximum atomic E-state index is 13.2. The number of hydrogen-bond donors (Lipinski definition) is 0. The van der Waals surface area contributed by atoms with Gasteiger partial charge < -0.3 is 9.80 Å². The van der Waals surface area contributed by atoms with Gasteiger partial charge in [-0.05, 0) is 77.4 Å². The van der Waals surface area contributed by atoms with Crippen molar-refractivity contribution in [1.82, 2.24) is 9.80 Å². The van der Waals surface area contributed by atoms with Gasteiger partial charge >= 0.3 is 0 Å². The summed E-state index contributed by atoms with van der Waals surface area (Å²) in [6, 6.07) is 0.601. The summed E-state index contributed by atoms with van der Waals surface area (Å²) in [5.74, 6) is 1.96. The minimum absolute atomic E-state index is 0.0721. The molecule has 0 radical (unpaired) electrons. The Hall–Kier alpha value is -0.410. The highest BCUT2D eigenvalue weighted by Crippen LogP contribution is 2.37. The zero-order valence-electron chi connectivity index (χ0n) is 16.8. The Balaban J connectivity index is 2.05. The second-order valence-corrected chi connectivity index (χ2v) is 9.25. The lowest BCUT2D eigenvalue weighted by molar-refractivity contribution is -0.134. The van der Waals surface area contributed by atoms with E-state index in [9.17, 15) is 4.79 Å². The van der Waals surface area contributed by atoms with Gasteiger partial charge in [0.15, 0.2) is 0 Å². The number of likely N-dealkylation sites (tertiary alicyclic amines) is 2. The van der Waals surface area contributed by atoms with E-state index in [4.69, 9.17) is 0 Å². The van der Waals surface area contributed by atoms with E-state index < -0.39 is 0 Å². The lowest BCUT2D eigenvalue weighted by atomic mass is 9.72. The molecule has 0 aromatic rings. The Bertz CT molecular complexity index is 397. The van der Waals surface area contributed by atoms with Crippen molar-refractivity contribution in [3.63, 3.8) is 0 Å². The molecule has 0 bridgehead atoms. The molecule has 0 saturated carbocycles. The molecular formula is C21H40N2O. The van der Waals surface area contributed by atoms with E-state index in [1.807, 2.05) is 0 Å². The smallest absolute Gasteiger partial charge is 0.140 e. The van der Waals surface area contributed by atoms with Crippen LogP contribution in [0.25, 0.3) is 0 Å². The average Bonchev–Trinajstić information content (AvgIpc) is 2.53. The molecule has 2 rings (SSSR count). The maximum Gasteiger partial charge on any atom is 0.140 e. The molecule has 2 fully saturated rings. The van der Waals surface area contributed by atoms with E-state index in [0.717, 1.165) is 51.2 Å². The van der Waals surface area contributed by atoms with Crippen LogP contribution >= 0.6 is 0 Å². The Labute approximate surface area is 150 Å². The van der Waals surface area contributed by atoms with Gasteiger partial charge in [0.05, 0.1) is 0 Å². The van der Waals surface area contributed by atoms with Crippen LogP contribution in [0, 0.1) is 17.3 Å². The van der Waals surface area contributed by atoms with Gasteiger partial charge in [-0.1, -0.05) is 20.8 Å². The number of ketones is 1. The van der Waals surface area contributed by atoms with Crippen LogP contribution < -0.4 is 0 Å². The molecule has 3 heteroatoms. The molecule has 0 amide bonds. The first-order valence-electron chi connectivity index (χ1n) is 10.3. The molecule has 0 N–H and O–H groups in total. The summed E-state index contributed by atoms with van der Waals surface area (Å²) in [6.07, 6.45) is 6.61. The van der Waals surface area contributed by atoms with Crippen LogP contribution in [0.5, 0.6) is 0 Å². The predicted octanol–water partition coefficient (Wildman–Crippen LogP) is 4.21. The number of nitrogens with zero attached hydrogens (tertiary/aromatic N) is 2. The summed E-state index contributed by atoms with van der Waals surface area (Å²) in [6.45, 7) is 17.0.